The van der Waals surface area contributed by atoms with Crippen molar-refractivity contribution in [2.75, 3.05) is 47.0 Å². The highest BCUT2D eigenvalue weighted by atomic mass is 32.2. The second kappa shape index (κ2) is 10.3. The predicted octanol–water partition coefficient (Wildman–Crippen LogP) is 4.59. The third kappa shape index (κ3) is 5.38. The molecule has 7 nitrogen and oxygen atoms in total. The Bertz CT molecular complexity index is 1510. The van der Waals surface area contributed by atoms with E-state index in [2.05, 4.69) is 24.1 Å². The maximum absolute atomic E-state index is 15.1. The molecule has 1 fully saturated rings. The summed E-state index contributed by atoms with van der Waals surface area (Å²) >= 11 is 0. The molecular weight excluding hydrogens is 515 g/mol. The Morgan fingerprint density at radius 2 is 1.67 bits per heavy atom. The van der Waals surface area contributed by atoms with Gasteiger partial charge >= 0.3 is 0 Å². The summed E-state index contributed by atoms with van der Waals surface area (Å²) in [7, 11) is -1.82. The average molecular weight is 551 g/mol. The Labute approximate surface area is 230 Å². The molecule has 5 rings (SSSR count). The van der Waals surface area contributed by atoms with Crippen molar-refractivity contribution in [3.05, 3.63) is 77.1 Å². The highest BCUT2D eigenvalue weighted by Gasteiger charge is 2.30. The first-order valence-corrected chi connectivity index (χ1v) is 15.1. The van der Waals surface area contributed by atoms with Gasteiger partial charge in [0.2, 0.25) is 10.0 Å². The van der Waals surface area contributed by atoms with Crippen molar-refractivity contribution in [1.82, 2.24) is 5.32 Å². The molecule has 9 heteroatoms. The molecule has 2 heterocycles. The topological polar surface area (TPSA) is 73.0 Å². The maximum atomic E-state index is 15.1. The molecular formula is C30H35FN4O3S. The number of sulfonamides is 1. The fourth-order valence-corrected chi connectivity index (χ4v) is 6.18. The summed E-state index contributed by atoms with van der Waals surface area (Å²) in [4.78, 5) is 17.4. The average Bonchev–Trinajstić information content (AvgIpc) is 3.28. The molecule has 1 N–H and O–H groups in total. The van der Waals surface area contributed by atoms with Gasteiger partial charge in [-0.05, 0) is 85.8 Å². The fourth-order valence-electron chi connectivity index (χ4n) is 5.68. The lowest BCUT2D eigenvalue weighted by molar-refractivity contribution is 0.0989. The number of halogens is 1. The number of fused-ring (bicyclic) bond motifs is 1. The number of nitrogens with one attached hydrogen (secondary N) is 1. The van der Waals surface area contributed by atoms with E-state index >= 15 is 4.39 Å². The van der Waals surface area contributed by atoms with Gasteiger partial charge in [0.1, 0.15) is 5.82 Å². The number of rotatable bonds is 5. The Morgan fingerprint density at radius 3 is 2.28 bits per heavy atom. The SMILES string of the molecule is Cc1cc(N(C)S(C)(=O)=O)ccc1-c1ccc(C(=O)N2CCc3cc(F)c(N4C[C@@H](C)N[C@@H](C)C4)cc32)cc1. The number of hydrogen-bond donors (Lipinski definition) is 1. The van der Waals surface area contributed by atoms with Crippen molar-refractivity contribution >= 4 is 33.0 Å². The van der Waals surface area contributed by atoms with Crippen molar-refractivity contribution in [2.45, 2.75) is 39.3 Å². The van der Waals surface area contributed by atoms with Crippen LogP contribution in [0.4, 0.5) is 21.5 Å². The van der Waals surface area contributed by atoms with Gasteiger partial charge in [-0.15, -0.1) is 0 Å². The molecule has 0 spiro atoms. The molecule has 3 aromatic rings. The van der Waals surface area contributed by atoms with Crippen molar-refractivity contribution in [3.8, 4) is 11.1 Å². The summed E-state index contributed by atoms with van der Waals surface area (Å²) in [6.45, 7) is 8.06. The molecule has 1 saturated heterocycles. The van der Waals surface area contributed by atoms with E-state index in [0.717, 1.165) is 27.9 Å². The van der Waals surface area contributed by atoms with Crippen LogP contribution in [0.1, 0.15) is 35.3 Å². The molecule has 3 aromatic carbocycles. The smallest absolute Gasteiger partial charge is 0.258 e. The summed E-state index contributed by atoms with van der Waals surface area (Å²) in [5, 5.41) is 3.48. The molecule has 0 saturated carbocycles. The van der Waals surface area contributed by atoms with Gasteiger partial charge < -0.3 is 15.1 Å². The summed E-state index contributed by atoms with van der Waals surface area (Å²) < 4.78 is 40.1. The Morgan fingerprint density at radius 1 is 1.00 bits per heavy atom. The Hall–Kier alpha value is -3.43. The molecule has 39 heavy (non-hydrogen) atoms. The number of carbonyl (C=O) groups excluding carboxylic acids is 1. The van der Waals surface area contributed by atoms with Crippen LogP contribution >= 0.6 is 0 Å². The Balaban J connectivity index is 1.38. The van der Waals surface area contributed by atoms with Crippen molar-refractivity contribution in [3.63, 3.8) is 0 Å². The molecule has 0 aliphatic carbocycles. The van der Waals surface area contributed by atoms with Gasteiger partial charge in [0.05, 0.1) is 17.6 Å². The van der Waals surface area contributed by atoms with E-state index in [-0.39, 0.29) is 23.8 Å². The molecule has 206 valence electrons. The van der Waals surface area contributed by atoms with Gasteiger partial charge in [-0.25, -0.2) is 12.8 Å². The molecule has 1 amide bonds. The second-order valence-corrected chi connectivity index (χ2v) is 12.8. The van der Waals surface area contributed by atoms with Crippen LogP contribution in [-0.2, 0) is 16.4 Å². The van der Waals surface area contributed by atoms with Crippen LogP contribution in [-0.4, -0.2) is 59.3 Å². The lowest BCUT2D eigenvalue weighted by Crippen LogP contribution is -2.54. The first kappa shape index (κ1) is 27.1. The second-order valence-electron chi connectivity index (χ2n) is 10.8. The van der Waals surface area contributed by atoms with Crippen molar-refractivity contribution < 1.29 is 17.6 Å². The van der Waals surface area contributed by atoms with Gasteiger partial charge in [-0.2, -0.15) is 0 Å². The monoisotopic (exact) mass is 550 g/mol. The molecule has 0 bridgehead atoms. The molecule has 0 unspecified atom stereocenters. The zero-order valence-electron chi connectivity index (χ0n) is 23.0. The van der Waals surface area contributed by atoms with Crippen molar-refractivity contribution in [1.29, 1.82) is 0 Å². The van der Waals surface area contributed by atoms with Crippen LogP contribution in [0.2, 0.25) is 0 Å². The molecule has 2 aliphatic heterocycles. The molecule has 0 aromatic heterocycles. The van der Waals surface area contributed by atoms with E-state index in [0.29, 0.717) is 43.0 Å². The van der Waals surface area contributed by atoms with Crippen LogP contribution < -0.4 is 19.4 Å². The summed E-state index contributed by atoms with van der Waals surface area (Å²) in [5.74, 6) is -0.348. The van der Waals surface area contributed by atoms with E-state index in [1.54, 1.807) is 17.0 Å². The predicted molar refractivity (Wildman–Crippen MR) is 156 cm³/mol. The van der Waals surface area contributed by atoms with E-state index in [9.17, 15) is 13.2 Å². The third-order valence-electron chi connectivity index (χ3n) is 7.70. The number of piperazine rings is 1. The first-order valence-electron chi connectivity index (χ1n) is 13.2. The quantitative estimate of drug-likeness (QED) is 0.503. The van der Waals surface area contributed by atoms with Gasteiger partial charge in [-0.3, -0.25) is 9.10 Å². The third-order valence-corrected chi connectivity index (χ3v) is 8.91. The fraction of sp³-hybridized carbons (Fsp3) is 0.367. The molecule has 2 aliphatic rings. The van der Waals surface area contributed by atoms with Gasteiger partial charge in [0.15, 0.2) is 0 Å². The van der Waals surface area contributed by atoms with E-state index in [1.807, 2.05) is 49.4 Å². The van der Waals surface area contributed by atoms with Gasteiger partial charge in [0, 0.05) is 50.0 Å². The van der Waals surface area contributed by atoms with Crippen LogP contribution in [0.25, 0.3) is 11.1 Å². The van der Waals surface area contributed by atoms with Crippen LogP contribution in [0, 0.1) is 12.7 Å². The Kier molecular flexibility index (Phi) is 7.15. The molecule has 0 radical (unpaired) electrons. The van der Waals surface area contributed by atoms with Crippen LogP contribution in [0.5, 0.6) is 0 Å². The number of nitrogens with zero attached hydrogens (tertiary/aromatic N) is 3. The number of aryl methyl sites for hydroxylation is 1. The number of carbonyl (C=O) groups is 1. The van der Waals surface area contributed by atoms with Crippen molar-refractivity contribution in [2.24, 2.45) is 0 Å². The van der Waals surface area contributed by atoms with Crippen LogP contribution in [0.3, 0.4) is 0 Å². The zero-order valence-corrected chi connectivity index (χ0v) is 23.8. The lowest BCUT2D eigenvalue weighted by Gasteiger charge is -2.38. The summed E-state index contributed by atoms with van der Waals surface area (Å²) in [5.41, 5.74) is 6.17. The number of hydrogen-bond acceptors (Lipinski definition) is 5. The largest absolute Gasteiger partial charge is 0.366 e. The summed E-state index contributed by atoms with van der Waals surface area (Å²) in [6, 6.07) is 16.9. The zero-order chi connectivity index (χ0) is 28.1. The van der Waals surface area contributed by atoms with Crippen LogP contribution in [0.15, 0.2) is 54.6 Å². The standard InChI is InChI=1S/C30H35FN4O3S/c1-19-14-25(33(4)39(5,37)38)10-11-26(19)22-6-8-23(9-7-22)30(36)35-13-12-24-15-27(31)29(16-28(24)35)34-17-20(2)32-21(3)18-34/h6-11,14-16,20-21,32H,12-13,17-18H2,1-5H3/t20-,21+. The van der Waals surface area contributed by atoms with E-state index in [1.165, 1.54) is 17.6 Å². The minimum Gasteiger partial charge on any atom is -0.366 e. The van der Waals surface area contributed by atoms with E-state index in [4.69, 9.17) is 0 Å². The van der Waals surface area contributed by atoms with Gasteiger partial charge in [-0.1, -0.05) is 18.2 Å². The highest BCUT2D eigenvalue weighted by Crippen LogP contribution is 2.36. The van der Waals surface area contributed by atoms with E-state index < -0.39 is 10.0 Å². The minimum atomic E-state index is -3.35. The lowest BCUT2D eigenvalue weighted by atomic mass is 9.98. The maximum Gasteiger partial charge on any atom is 0.258 e. The number of amides is 1. The molecule has 2 atom stereocenters. The first-order chi connectivity index (χ1) is 18.4. The number of anilines is 3. The highest BCUT2D eigenvalue weighted by molar-refractivity contribution is 7.92. The normalized spacial score (nSPS) is 19.2. The van der Waals surface area contributed by atoms with Gasteiger partial charge in [0.25, 0.3) is 5.91 Å². The minimum absolute atomic E-state index is 0.109. The summed E-state index contributed by atoms with van der Waals surface area (Å²) in [6.07, 6.45) is 1.80. The number of benzene rings is 3.